The van der Waals surface area contributed by atoms with E-state index in [1.807, 2.05) is 26.0 Å². The number of hydrogen-bond donors (Lipinski definition) is 1. The first-order valence-corrected chi connectivity index (χ1v) is 10.6. The third-order valence-corrected chi connectivity index (χ3v) is 5.52. The fraction of sp³-hybridized carbons (Fsp3) is 0.526. The van der Waals surface area contributed by atoms with Gasteiger partial charge in [0.1, 0.15) is 11.4 Å². The average molecular weight is 419 g/mol. The minimum Gasteiger partial charge on any atom is -0.450 e. The summed E-state index contributed by atoms with van der Waals surface area (Å²) >= 11 is 1.36. The van der Waals surface area contributed by atoms with Gasteiger partial charge in [0.2, 0.25) is 5.91 Å². The van der Waals surface area contributed by atoms with Gasteiger partial charge in [-0.05, 0) is 39.7 Å². The van der Waals surface area contributed by atoms with Crippen molar-refractivity contribution in [3.63, 3.8) is 0 Å². The number of nitrogens with zero attached hydrogens (tertiary/aromatic N) is 5. The lowest BCUT2D eigenvalue weighted by Crippen LogP contribution is -2.47. The molecule has 3 rings (SSSR count). The van der Waals surface area contributed by atoms with E-state index in [0.717, 1.165) is 29.3 Å². The first-order chi connectivity index (χ1) is 14.0. The number of hydrogen-bond acceptors (Lipinski definition) is 7. The molecule has 0 spiro atoms. The van der Waals surface area contributed by atoms with Crippen LogP contribution in [-0.4, -0.2) is 68.1 Å². The summed E-state index contributed by atoms with van der Waals surface area (Å²) in [5, 5.41) is 8.18. The fourth-order valence-corrected chi connectivity index (χ4v) is 3.89. The van der Waals surface area contributed by atoms with E-state index in [9.17, 15) is 9.59 Å². The Morgan fingerprint density at radius 1 is 1.24 bits per heavy atom. The van der Waals surface area contributed by atoms with E-state index in [-0.39, 0.29) is 23.8 Å². The summed E-state index contributed by atoms with van der Waals surface area (Å²) in [6.45, 7) is 7.25. The Morgan fingerprint density at radius 2 is 2.00 bits per heavy atom. The number of aromatic nitrogens is 4. The topological polar surface area (TPSA) is 102 Å². The Labute approximate surface area is 174 Å². The van der Waals surface area contributed by atoms with Crippen molar-refractivity contribution in [1.82, 2.24) is 30.0 Å². The maximum atomic E-state index is 12.3. The molecule has 2 amide bonds. The molecule has 0 bridgehead atoms. The van der Waals surface area contributed by atoms with E-state index in [1.165, 1.54) is 18.1 Å². The number of aryl methyl sites for hydroxylation is 2. The lowest BCUT2D eigenvalue weighted by molar-refractivity contribution is -0.119. The van der Waals surface area contributed by atoms with Crippen molar-refractivity contribution >= 4 is 23.8 Å². The number of thioether (sulfide) groups is 1. The molecule has 1 saturated heterocycles. The monoisotopic (exact) mass is 418 g/mol. The van der Waals surface area contributed by atoms with E-state index in [0.29, 0.717) is 25.5 Å². The predicted octanol–water partition coefficient (Wildman–Crippen LogP) is 2.11. The van der Waals surface area contributed by atoms with Gasteiger partial charge in [0.05, 0.1) is 18.1 Å². The molecule has 1 N–H and O–H groups in total. The maximum Gasteiger partial charge on any atom is 0.409 e. The van der Waals surface area contributed by atoms with Crippen molar-refractivity contribution in [2.75, 3.05) is 25.4 Å². The van der Waals surface area contributed by atoms with Crippen LogP contribution in [0.15, 0.2) is 23.5 Å². The van der Waals surface area contributed by atoms with Gasteiger partial charge in [0, 0.05) is 30.9 Å². The van der Waals surface area contributed by atoms with Gasteiger partial charge in [-0.25, -0.2) is 19.4 Å². The molecule has 3 heterocycles. The highest BCUT2D eigenvalue weighted by Gasteiger charge is 2.24. The van der Waals surface area contributed by atoms with Crippen molar-refractivity contribution in [1.29, 1.82) is 0 Å². The first kappa shape index (κ1) is 21.1. The van der Waals surface area contributed by atoms with Crippen LogP contribution in [0.1, 0.15) is 31.2 Å². The number of ether oxygens (including phenoxy) is 1. The maximum absolute atomic E-state index is 12.3. The molecular weight excluding hydrogens is 392 g/mol. The highest BCUT2D eigenvalue weighted by atomic mass is 32.2. The van der Waals surface area contributed by atoms with Gasteiger partial charge >= 0.3 is 6.09 Å². The summed E-state index contributed by atoms with van der Waals surface area (Å²) in [5.74, 6) is 0.904. The SMILES string of the molecule is CCOC(=O)N1CCC(NC(=O)CSc2cc(-n3nc(C)cc3C)ncn2)CC1. The second-order valence-electron chi connectivity index (χ2n) is 6.87. The Bertz CT molecular complexity index is 863. The molecule has 1 aliphatic heterocycles. The van der Waals surface area contributed by atoms with Gasteiger partial charge in [-0.1, -0.05) is 11.8 Å². The van der Waals surface area contributed by atoms with Crippen molar-refractivity contribution in [2.45, 2.75) is 44.7 Å². The van der Waals surface area contributed by atoms with Gasteiger partial charge < -0.3 is 15.0 Å². The third-order valence-electron chi connectivity index (χ3n) is 4.59. The summed E-state index contributed by atoms with van der Waals surface area (Å²) in [4.78, 5) is 34.2. The molecule has 156 valence electrons. The zero-order chi connectivity index (χ0) is 20.8. The van der Waals surface area contributed by atoms with E-state index in [4.69, 9.17) is 4.74 Å². The largest absolute Gasteiger partial charge is 0.450 e. The van der Waals surface area contributed by atoms with E-state index >= 15 is 0 Å². The lowest BCUT2D eigenvalue weighted by atomic mass is 10.1. The van der Waals surface area contributed by atoms with Crippen LogP contribution in [0.25, 0.3) is 5.82 Å². The van der Waals surface area contributed by atoms with Crippen LogP contribution in [0, 0.1) is 13.8 Å². The Kier molecular flexibility index (Phi) is 7.08. The second-order valence-corrected chi connectivity index (χ2v) is 7.87. The molecule has 2 aromatic rings. The van der Waals surface area contributed by atoms with Crippen LogP contribution < -0.4 is 5.32 Å². The van der Waals surface area contributed by atoms with Crippen molar-refractivity contribution in [3.05, 3.63) is 29.8 Å². The van der Waals surface area contributed by atoms with Crippen LogP contribution in [0.3, 0.4) is 0 Å². The van der Waals surface area contributed by atoms with Crippen molar-refractivity contribution in [2.24, 2.45) is 0 Å². The summed E-state index contributed by atoms with van der Waals surface area (Å²) in [5.41, 5.74) is 1.91. The van der Waals surface area contributed by atoms with E-state index in [1.54, 1.807) is 16.5 Å². The zero-order valence-electron chi connectivity index (χ0n) is 16.9. The van der Waals surface area contributed by atoms with Crippen LogP contribution in [0.2, 0.25) is 0 Å². The minimum atomic E-state index is -0.282. The smallest absolute Gasteiger partial charge is 0.409 e. The van der Waals surface area contributed by atoms with Gasteiger partial charge in [0.25, 0.3) is 0 Å². The van der Waals surface area contributed by atoms with Gasteiger partial charge in [0.15, 0.2) is 5.82 Å². The molecule has 1 fully saturated rings. The predicted molar refractivity (Wildman–Crippen MR) is 109 cm³/mol. The number of piperidine rings is 1. The minimum absolute atomic E-state index is 0.0455. The van der Waals surface area contributed by atoms with Crippen LogP contribution in [0.5, 0.6) is 0 Å². The normalized spacial score (nSPS) is 14.7. The van der Waals surface area contributed by atoms with Crippen molar-refractivity contribution < 1.29 is 14.3 Å². The number of carbonyl (C=O) groups excluding carboxylic acids is 2. The third kappa shape index (κ3) is 5.69. The van der Waals surface area contributed by atoms with E-state index in [2.05, 4.69) is 20.4 Å². The molecule has 0 radical (unpaired) electrons. The lowest BCUT2D eigenvalue weighted by Gasteiger charge is -2.31. The summed E-state index contributed by atoms with van der Waals surface area (Å²) < 4.78 is 6.78. The molecule has 1 aliphatic rings. The van der Waals surface area contributed by atoms with Gasteiger partial charge in [-0.2, -0.15) is 5.10 Å². The molecule has 2 aromatic heterocycles. The quantitative estimate of drug-likeness (QED) is 0.566. The molecule has 9 nitrogen and oxygen atoms in total. The van der Waals surface area contributed by atoms with Crippen LogP contribution in [0.4, 0.5) is 4.79 Å². The molecule has 0 aromatic carbocycles. The first-order valence-electron chi connectivity index (χ1n) is 9.65. The Hall–Kier alpha value is -2.62. The summed E-state index contributed by atoms with van der Waals surface area (Å²) in [7, 11) is 0. The number of carbonyl (C=O) groups is 2. The zero-order valence-corrected chi connectivity index (χ0v) is 17.7. The molecule has 0 saturated carbocycles. The Morgan fingerprint density at radius 3 is 2.66 bits per heavy atom. The molecule has 0 aliphatic carbocycles. The average Bonchev–Trinajstić information content (AvgIpc) is 3.05. The molecular formula is C19H26N6O3S. The molecule has 29 heavy (non-hydrogen) atoms. The van der Waals surface area contributed by atoms with Crippen molar-refractivity contribution in [3.8, 4) is 5.82 Å². The number of amides is 2. The fourth-order valence-electron chi connectivity index (χ4n) is 3.22. The van der Waals surface area contributed by atoms with E-state index < -0.39 is 0 Å². The Balaban J connectivity index is 1.47. The van der Waals surface area contributed by atoms with Crippen LogP contribution >= 0.6 is 11.8 Å². The second kappa shape index (κ2) is 9.73. The highest BCUT2D eigenvalue weighted by molar-refractivity contribution is 7.99. The number of rotatable bonds is 6. The number of nitrogens with one attached hydrogen (secondary N) is 1. The van der Waals surface area contributed by atoms with Crippen LogP contribution in [-0.2, 0) is 9.53 Å². The molecule has 0 unspecified atom stereocenters. The summed E-state index contributed by atoms with van der Waals surface area (Å²) in [6.07, 6.45) is 2.65. The highest BCUT2D eigenvalue weighted by Crippen LogP contribution is 2.18. The van der Waals surface area contributed by atoms with Gasteiger partial charge in [-0.3, -0.25) is 4.79 Å². The molecule has 10 heteroatoms. The summed E-state index contributed by atoms with van der Waals surface area (Å²) in [6, 6.07) is 3.88. The van der Waals surface area contributed by atoms with Gasteiger partial charge in [-0.15, -0.1) is 0 Å². The standard InChI is InChI=1S/C19H26N6O3S/c1-4-28-19(27)24-7-5-15(6-8-24)22-17(26)11-29-18-10-16(20-12-21-18)25-14(3)9-13(2)23-25/h9-10,12,15H,4-8,11H2,1-3H3,(H,22,26). The molecule has 0 atom stereocenters. The number of likely N-dealkylation sites (tertiary alicyclic amines) is 1.